The van der Waals surface area contributed by atoms with Crippen LogP contribution in [0.15, 0.2) is 54.7 Å². The third-order valence-electron chi connectivity index (χ3n) is 5.13. The predicted octanol–water partition coefficient (Wildman–Crippen LogP) is 4.19. The fraction of sp³-hybridized carbons (Fsp3) is 0.273. The first-order chi connectivity index (χ1) is 13.2. The summed E-state index contributed by atoms with van der Waals surface area (Å²) in [5.74, 6) is 1.32. The highest BCUT2D eigenvalue weighted by atomic mass is 19.1. The van der Waals surface area contributed by atoms with Crippen LogP contribution in [-0.2, 0) is 19.5 Å². The minimum Gasteiger partial charge on any atom is -0.493 e. The Morgan fingerprint density at radius 2 is 1.70 bits per heavy atom. The van der Waals surface area contributed by atoms with Gasteiger partial charge in [0.15, 0.2) is 11.5 Å². The second-order valence-electron chi connectivity index (χ2n) is 6.76. The molecule has 0 unspecified atom stereocenters. The summed E-state index contributed by atoms with van der Waals surface area (Å²) in [5.41, 5.74) is 4.21. The van der Waals surface area contributed by atoms with Crippen molar-refractivity contribution in [3.8, 4) is 17.2 Å². The van der Waals surface area contributed by atoms with Crippen LogP contribution in [-0.4, -0.2) is 30.2 Å². The molecule has 1 aromatic heterocycles. The molecule has 0 spiro atoms. The Morgan fingerprint density at radius 1 is 0.963 bits per heavy atom. The number of aromatic nitrogens is 1. The highest BCUT2D eigenvalue weighted by Crippen LogP contribution is 2.33. The molecule has 1 aliphatic heterocycles. The van der Waals surface area contributed by atoms with Crippen LogP contribution < -0.4 is 9.47 Å². The minimum atomic E-state index is -0.212. The number of fused-ring (bicyclic) bond motifs is 1. The molecule has 4 nitrogen and oxygen atoms in total. The van der Waals surface area contributed by atoms with E-state index < -0.39 is 0 Å². The van der Waals surface area contributed by atoms with E-state index in [0.29, 0.717) is 5.69 Å². The Morgan fingerprint density at radius 3 is 2.44 bits per heavy atom. The lowest BCUT2D eigenvalue weighted by molar-refractivity contribution is 0.240. The van der Waals surface area contributed by atoms with E-state index in [-0.39, 0.29) is 5.82 Å². The average molecular weight is 366 g/mol. The molecule has 140 valence electrons. The number of ether oxygens (including phenoxy) is 2. The molecule has 0 aliphatic carbocycles. The first-order valence-corrected chi connectivity index (χ1v) is 9.07. The lowest BCUT2D eigenvalue weighted by atomic mass is 9.98. The van der Waals surface area contributed by atoms with Gasteiger partial charge in [-0.3, -0.25) is 4.90 Å². The molecule has 0 saturated heterocycles. The van der Waals surface area contributed by atoms with Gasteiger partial charge >= 0.3 is 0 Å². The van der Waals surface area contributed by atoms with Crippen molar-refractivity contribution in [3.63, 3.8) is 0 Å². The summed E-state index contributed by atoms with van der Waals surface area (Å²) in [6.45, 7) is 2.54. The van der Waals surface area contributed by atoms with Crippen LogP contribution in [0.2, 0.25) is 0 Å². The van der Waals surface area contributed by atoms with Crippen molar-refractivity contribution in [1.29, 1.82) is 0 Å². The Labute approximate surface area is 158 Å². The van der Waals surface area contributed by atoms with Crippen molar-refractivity contribution >= 4 is 0 Å². The Balaban J connectivity index is 1.57. The number of halogens is 1. The molecule has 2 heterocycles. The third kappa shape index (κ3) is 3.43. The summed E-state index contributed by atoms with van der Waals surface area (Å²) in [6.07, 6.45) is 2.87. The number of para-hydroxylation sites is 1. The zero-order valence-corrected chi connectivity index (χ0v) is 15.6. The van der Waals surface area contributed by atoms with Gasteiger partial charge in [0.25, 0.3) is 0 Å². The zero-order valence-electron chi connectivity index (χ0n) is 15.6. The zero-order chi connectivity index (χ0) is 18.8. The summed E-state index contributed by atoms with van der Waals surface area (Å²) in [7, 11) is 3.32. The second-order valence-corrected chi connectivity index (χ2v) is 6.76. The van der Waals surface area contributed by atoms with Gasteiger partial charge in [-0.1, -0.05) is 12.1 Å². The van der Waals surface area contributed by atoms with Gasteiger partial charge in [0, 0.05) is 31.5 Å². The van der Waals surface area contributed by atoms with E-state index in [1.165, 1.54) is 17.2 Å². The van der Waals surface area contributed by atoms with Gasteiger partial charge in [-0.05, 0) is 53.9 Å². The molecule has 0 bridgehead atoms. The first-order valence-electron chi connectivity index (χ1n) is 9.07. The van der Waals surface area contributed by atoms with E-state index >= 15 is 0 Å². The van der Waals surface area contributed by atoms with Crippen molar-refractivity contribution in [2.45, 2.75) is 19.5 Å². The molecular formula is C22H23FN2O2. The Bertz CT molecular complexity index is 951. The second kappa shape index (κ2) is 7.45. The minimum absolute atomic E-state index is 0.212. The van der Waals surface area contributed by atoms with Gasteiger partial charge in [0.1, 0.15) is 5.82 Å². The standard InChI is InChI=1S/C22H23FN2O2/c1-26-21-12-16-9-11-24(14-17(16)13-22(21)27-2)15-18-6-5-10-25(18)20-8-4-3-7-19(20)23/h3-8,10,12-13H,9,11,14-15H2,1-2H3. The third-order valence-corrected chi connectivity index (χ3v) is 5.13. The number of hydrogen-bond acceptors (Lipinski definition) is 3. The van der Waals surface area contributed by atoms with Gasteiger partial charge in [-0.25, -0.2) is 4.39 Å². The molecule has 0 saturated carbocycles. The van der Waals surface area contributed by atoms with Crippen LogP contribution in [0.1, 0.15) is 16.8 Å². The number of hydrogen-bond donors (Lipinski definition) is 0. The van der Waals surface area contributed by atoms with Gasteiger partial charge in [0.2, 0.25) is 0 Å². The highest BCUT2D eigenvalue weighted by Gasteiger charge is 2.20. The fourth-order valence-electron chi connectivity index (χ4n) is 3.73. The fourth-order valence-corrected chi connectivity index (χ4v) is 3.73. The molecule has 1 aliphatic rings. The molecule has 2 aromatic carbocycles. The van der Waals surface area contributed by atoms with E-state index in [4.69, 9.17) is 9.47 Å². The van der Waals surface area contributed by atoms with Crippen LogP contribution in [0.4, 0.5) is 4.39 Å². The SMILES string of the molecule is COc1cc2c(cc1OC)CN(Cc1cccn1-c1ccccc1F)CC2. The van der Waals surface area contributed by atoms with Crippen molar-refractivity contribution in [3.05, 3.63) is 77.4 Å². The van der Waals surface area contributed by atoms with E-state index in [2.05, 4.69) is 23.1 Å². The topological polar surface area (TPSA) is 26.6 Å². The van der Waals surface area contributed by atoms with Crippen molar-refractivity contribution in [2.75, 3.05) is 20.8 Å². The summed E-state index contributed by atoms with van der Waals surface area (Å²) in [5, 5.41) is 0. The molecule has 0 radical (unpaired) electrons. The molecule has 5 heteroatoms. The molecule has 0 N–H and O–H groups in total. The van der Waals surface area contributed by atoms with Crippen LogP contribution in [0.5, 0.6) is 11.5 Å². The van der Waals surface area contributed by atoms with Crippen molar-refractivity contribution < 1.29 is 13.9 Å². The maximum absolute atomic E-state index is 14.2. The monoisotopic (exact) mass is 366 g/mol. The van der Waals surface area contributed by atoms with Crippen LogP contribution >= 0.6 is 0 Å². The van der Waals surface area contributed by atoms with Gasteiger partial charge in [-0.2, -0.15) is 0 Å². The molecule has 0 amide bonds. The number of rotatable bonds is 5. The normalized spacial score (nSPS) is 14.0. The smallest absolute Gasteiger partial charge is 0.161 e. The number of methoxy groups -OCH3 is 2. The molecule has 3 aromatic rings. The number of nitrogens with zero attached hydrogens (tertiary/aromatic N) is 2. The quantitative estimate of drug-likeness (QED) is 0.677. The highest BCUT2D eigenvalue weighted by molar-refractivity contribution is 5.48. The van der Waals surface area contributed by atoms with E-state index in [0.717, 1.165) is 43.2 Å². The Kier molecular flexibility index (Phi) is 4.86. The van der Waals surface area contributed by atoms with Gasteiger partial charge < -0.3 is 14.0 Å². The predicted molar refractivity (Wildman–Crippen MR) is 103 cm³/mol. The van der Waals surface area contributed by atoms with Crippen LogP contribution in [0, 0.1) is 5.82 Å². The lowest BCUT2D eigenvalue weighted by Crippen LogP contribution is -2.30. The largest absolute Gasteiger partial charge is 0.493 e. The summed E-state index contributed by atoms with van der Waals surface area (Å²) in [6, 6.07) is 15.0. The average Bonchev–Trinajstić information content (AvgIpc) is 3.15. The van der Waals surface area contributed by atoms with E-state index in [1.54, 1.807) is 20.3 Å². The first kappa shape index (κ1) is 17.6. The number of benzene rings is 2. The molecule has 0 fully saturated rings. The van der Waals surface area contributed by atoms with Gasteiger partial charge in [0.05, 0.1) is 19.9 Å². The lowest BCUT2D eigenvalue weighted by Gasteiger charge is -2.29. The summed E-state index contributed by atoms with van der Waals surface area (Å²) < 4.78 is 27.0. The summed E-state index contributed by atoms with van der Waals surface area (Å²) in [4.78, 5) is 2.38. The van der Waals surface area contributed by atoms with Crippen LogP contribution in [0.3, 0.4) is 0 Å². The maximum Gasteiger partial charge on any atom is 0.161 e. The van der Waals surface area contributed by atoms with Crippen molar-refractivity contribution in [1.82, 2.24) is 9.47 Å². The van der Waals surface area contributed by atoms with Gasteiger partial charge in [-0.15, -0.1) is 0 Å². The van der Waals surface area contributed by atoms with E-state index in [1.807, 2.05) is 29.0 Å². The summed E-state index contributed by atoms with van der Waals surface area (Å²) >= 11 is 0. The molecule has 0 atom stereocenters. The maximum atomic E-state index is 14.2. The van der Waals surface area contributed by atoms with E-state index in [9.17, 15) is 4.39 Å². The van der Waals surface area contributed by atoms with Crippen molar-refractivity contribution in [2.24, 2.45) is 0 Å². The molecular weight excluding hydrogens is 343 g/mol. The van der Waals surface area contributed by atoms with Crippen LogP contribution in [0.25, 0.3) is 5.69 Å². The molecule has 4 rings (SSSR count). The Hall–Kier alpha value is -2.79. The molecule has 27 heavy (non-hydrogen) atoms.